The molecule has 1 heterocycles. The first-order valence-electron chi connectivity index (χ1n) is 7.29. The molecule has 1 aliphatic carbocycles. The Kier molecular flexibility index (Phi) is 4.83. The lowest BCUT2D eigenvalue weighted by Crippen LogP contribution is -2.43. The van der Waals surface area contributed by atoms with Gasteiger partial charge in [-0.15, -0.1) is 0 Å². The maximum atomic E-state index is 10.6. The van der Waals surface area contributed by atoms with Gasteiger partial charge in [-0.2, -0.15) is 0 Å². The lowest BCUT2D eigenvalue weighted by molar-refractivity contribution is -0.0481. The van der Waals surface area contributed by atoms with Crippen molar-refractivity contribution in [2.75, 3.05) is 13.2 Å². The van der Waals surface area contributed by atoms with E-state index in [-0.39, 0.29) is 0 Å². The van der Waals surface area contributed by atoms with E-state index in [1.165, 1.54) is 12.8 Å². The van der Waals surface area contributed by atoms with Gasteiger partial charge in [-0.1, -0.05) is 6.92 Å². The van der Waals surface area contributed by atoms with E-state index < -0.39 is 5.60 Å². The molecule has 2 aliphatic rings. The van der Waals surface area contributed by atoms with Crippen molar-refractivity contribution in [3.8, 4) is 0 Å². The molecule has 1 unspecified atom stereocenters. The molecular formula is C14H27NO2. The lowest BCUT2D eigenvalue weighted by atomic mass is 9.78. The standard InChI is InChI=1S/C14H27NO2/c1-2-9-15-12-5-7-14(16,8-6-12)11-13-4-3-10-17-13/h12-13,15-16H,2-11H2,1H3. The molecule has 2 fully saturated rings. The molecule has 0 spiro atoms. The van der Waals surface area contributed by atoms with Crippen LogP contribution in [0, 0.1) is 0 Å². The van der Waals surface area contributed by atoms with Gasteiger partial charge in [-0.25, -0.2) is 0 Å². The van der Waals surface area contributed by atoms with E-state index in [4.69, 9.17) is 4.74 Å². The number of hydrogen-bond donors (Lipinski definition) is 2. The second-order valence-electron chi connectivity index (χ2n) is 5.79. The lowest BCUT2D eigenvalue weighted by Gasteiger charge is -2.37. The SMILES string of the molecule is CCCNC1CCC(O)(CC2CCCO2)CC1. The van der Waals surface area contributed by atoms with E-state index in [0.29, 0.717) is 12.1 Å². The fraction of sp³-hybridized carbons (Fsp3) is 1.00. The van der Waals surface area contributed by atoms with Gasteiger partial charge in [0.15, 0.2) is 0 Å². The van der Waals surface area contributed by atoms with E-state index in [1.54, 1.807) is 0 Å². The monoisotopic (exact) mass is 241 g/mol. The summed E-state index contributed by atoms with van der Waals surface area (Å²) in [5, 5.41) is 14.1. The van der Waals surface area contributed by atoms with Crippen molar-refractivity contribution in [1.29, 1.82) is 0 Å². The van der Waals surface area contributed by atoms with Gasteiger partial charge in [0.1, 0.15) is 0 Å². The Bertz CT molecular complexity index is 218. The summed E-state index contributed by atoms with van der Waals surface area (Å²) in [5.74, 6) is 0. The van der Waals surface area contributed by atoms with E-state index in [2.05, 4.69) is 12.2 Å². The Morgan fingerprint density at radius 2 is 2.06 bits per heavy atom. The van der Waals surface area contributed by atoms with Gasteiger partial charge >= 0.3 is 0 Å². The minimum atomic E-state index is -0.445. The maximum absolute atomic E-state index is 10.6. The van der Waals surface area contributed by atoms with Gasteiger partial charge in [0.25, 0.3) is 0 Å². The second-order valence-corrected chi connectivity index (χ2v) is 5.79. The molecule has 17 heavy (non-hydrogen) atoms. The largest absolute Gasteiger partial charge is 0.390 e. The third-order valence-electron chi connectivity index (χ3n) is 4.23. The molecular weight excluding hydrogens is 214 g/mol. The third kappa shape index (κ3) is 3.94. The summed E-state index contributed by atoms with van der Waals surface area (Å²) in [4.78, 5) is 0. The van der Waals surface area contributed by atoms with Crippen LogP contribution >= 0.6 is 0 Å². The van der Waals surface area contributed by atoms with Crippen molar-refractivity contribution in [2.45, 2.75) is 76.0 Å². The quantitative estimate of drug-likeness (QED) is 0.775. The molecule has 3 nitrogen and oxygen atoms in total. The molecule has 2 rings (SSSR count). The molecule has 1 saturated carbocycles. The number of aliphatic hydroxyl groups is 1. The van der Waals surface area contributed by atoms with Gasteiger partial charge in [0.2, 0.25) is 0 Å². The number of ether oxygens (including phenoxy) is 1. The summed E-state index contributed by atoms with van der Waals surface area (Å²) in [5.41, 5.74) is -0.445. The first-order valence-corrected chi connectivity index (χ1v) is 7.29. The van der Waals surface area contributed by atoms with Gasteiger partial charge in [-0.05, 0) is 51.5 Å². The third-order valence-corrected chi connectivity index (χ3v) is 4.23. The molecule has 0 bridgehead atoms. The molecule has 3 heteroatoms. The zero-order chi connectivity index (χ0) is 12.1. The highest BCUT2D eigenvalue weighted by atomic mass is 16.5. The normalized spacial score (nSPS) is 38.5. The van der Waals surface area contributed by atoms with Crippen molar-refractivity contribution in [2.24, 2.45) is 0 Å². The van der Waals surface area contributed by atoms with Gasteiger partial charge in [0, 0.05) is 19.1 Å². The van der Waals surface area contributed by atoms with Crippen LogP contribution in [0.2, 0.25) is 0 Å². The van der Waals surface area contributed by atoms with Crippen LogP contribution < -0.4 is 5.32 Å². The smallest absolute Gasteiger partial charge is 0.0673 e. The summed E-state index contributed by atoms with van der Waals surface area (Å²) in [6.07, 6.45) is 8.78. The van der Waals surface area contributed by atoms with E-state index >= 15 is 0 Å². The Morgan fingerprint density at radius 3 is 2.65 bits per heavy atom. The topological polar surface area (TPSA) is 41.5 Å². The van der Waals surface area contributed by atoms with Crippen LogP contribution in [-0.4, -0.2) is 36.0 Å². The van der Waals surface area contributed by atoms with Crippen LogP contribution in [0.15, 0.2) is 0 Å². The van der Waals surface area contributed by atoms with E-state index in [0.717, 1.165) is 51.7 Å². The average Bonchev–Trinajstić information content (AvgIpc) is 2.81. The fourth-order valence-corrected chi connectivity index (χ4v) is 3.14. The molecule has 1 aliphatic heterocycles. The maximum Gasteiger partial charge on any atom is 0.0673 e. The highest BCUT2D eigenvalue weighted by molar-refractivity contribution is 4.90. The molecule has 100 valence electrons. The van der Waals surface area contributed by atoms with Crippen molar-refractivity contribution < 1.29 is 9.84 Å². The minimum Gasteiger partial charge on any atom is -0.390 e. The molecule has 2 N–H and O–H groups in total. The highest BCUT2D eigenvalue weighted by Gasteiger charge is 2.36. The first kappa shape index (κ1) is 13.3. The molecule has 0 aromatic carbocycles. The number of hydrogen-bond acceptors (Lipinski definition) is 3. The molecule has 0 aromatic rings. The molecule has 0 amide bonds. The van der Waals surface area contributed by atoms with Gasteiger partial charge < -0.3 is 15.2 Å². The molecule has 1 atom stereocenters. The Morgan fingerprint density at radius 1 is 1.29 bits per heavy atom. The van der Waals surface area contributed by atoms with Crippen LogP contribution in [0.3, 0.4) is 0 Å². The Hall–Kier alpha value is -0.120. The van der Waals surface area contributed by atoms with Gasteiger partial charge in [0.05, 0.1) is 11.7 Å². The predicted molar refractivity (Wildman–Crippen MR) is 69.1 cm³/mol. The second kappa shape index (κ2) is 6.17. The van der Waals surface area contributed by atoms with Crippen LogP contribution in [0.25, 0.3) is 0 Å². The van der Waals surface area contributed by atoms with Crippen LogP contribution in [0.1, 0.15) is 58.3 Å². The summed E-state index contributed by atoms with van der Waals surface area (Å²) in [6.45, 7) is 4.19. The van der Waals surface area contributed by atoms with Crippen molar-refractivity contribution >= 4 is 0 Å². The Labute approximate surface area is 105 Å². The summed E-state index contributed by atoms with van der Waals surface area (Å²) in [7, 11) is 0. The van der Waals surface area contributed by atoms with Gasteiger partial charge in [-0.3, -0.25) is 0 Å². The molecule has 0 radical (unpaired) electrons. The summed E-state index contributed by atoms with van der Waals surface area (Å²) in [6, 6.07) is 0.625. The first-order chi connectivity index (χ1) is 8.22. The molecule has 1 saturated heterocycles. The van der Waals surface area contributed by atoms with Crippen LogP contribution in [0.4, 0.5) is 0 Å². The average molecular weight is 241 g/mol. The van der Waals surface area contributed by atoms with E-state index in [1.807, 2.05) is 0 Å². The fourth-order valence-electron chi connectivity index (χ4n) is 3.14. The number of nitrogens with one attached hydrogen (secondary N) is 1. The summed E-state index contributed by atoms with van der Waals surface area (Å²) >= 11 is 0. The van der Waals surface area contributed by atoms with E-state index in [9.17, 15) is 5.11 Å². The van der Waals surface area contributed by atoms with Crippen LogP contribution in [-0.2, 0) is 4.74 Å². The highest BCUT2D eigenvalue weighted by Crippen LogP contribution is 2.34. The Balaban J connectivity index is 1.72. The van der Waals surface area contributed by atoms with Crippen molar-refractivity contribution in [1.82, 2.24) is 5.32 Å². The zero-order valence-corrected chi connectivity index (χ0v) is 11.1. The summed E-state index contributed by atoms with van der Waals surface area (Å²) < 4.78 is 5.64. The van der Waals surface area contributed by atoms with Crippen molar-refractivity contribution in [3.63, 3.8) is 0 Å². The van der Waals surface area contributed by atoms with Crippen molar-refractivity contribution in [3.05, 3.63) is 0 Å². The van der Waals surface area contributed by atoms with Crippen LogP contribution in [0.5, 0.6) is 0 Å². The molecule has 0 aromatic heterocycles. The number of rotatable bonds is 5. The zero-order valence-electron chi connectivity index (χ0n) is 11.1. The predicted octanol–water partition coefficient (Wildman–Crippen LogP) is 2.23. The minimum absolute atomic E-state index is 0.320.